The van der Waals surface area contributed by atoms with Gasteiger partial charge in [0.15, 0.2) is 0 Å². The van der Waals surface area contributed by atoms with Crippen LogP contribution in [0.4, 0.5) is 0 Å². The molecule has 2 aliphatic rings. The molecule has 1 aromatic rings. The maximum atomic E-state index is 5.70. The molecule has 1 aromatic heterocycles. The minimum Gasteiger partial charge on any atom is -0.469 e. The quantitative estimate of drug-likeness (QED) is 0.731. The lowest BCUT2D eigenvalue weighted by Gasteiger charge is -2.45. The van der Waals surface area contributed by atoms with E-state index in [2.05, 4.69) is 32.2 Å². The largest absolute Gasteiger partial charge is 0.469 e. The summed E-state index contributed by atoms with van der Waals surface area (Å²) in [7, 11) is 0. The lowest BCUT2D eigenvalue weighted by Crippen LogP contribution is -2.40. The number of thioether (sulfide) groups is 1. The fraction of sp³-hybridized carbons (Fsp3) is 0.625. The van der Waals surface area contributed by atoms with E-state index in [0.717, 1.165) is 12.3 Å². The first-order valence-electron chi connectivity index (χ1n) is 6.88. The highest BCUT2D eigenvalue weighted by Crippen LogP contribution is 2.49. The summed E-state index contributed by atoms with van der Waals surface area (Å²) >= 11 is 1.94. The van der Waals surface area contributed by atoms with Crippen LogP contribution in [0.25, 0.3) is 0 Å². The first-order chi connectivity index (χ1) is 8.63. The predicted molar refractivity (Wildman–Crippen MR) is 78.1 cm³/mol. The molecule has 0 saturated heterocycles. The van der Waals surface area contributed by atoms with Crippen LogP contribution in [-0.4, -0.2) is 12.0 Å². The zero-order chi connectivity index (χ0) is 12.8. The van der Waals surface area contributed by atoms with Gasteiger partial charge in [-0.25, -0.2) is 0 Å². The van der Waals surface area contributed by atoms with Gasteiger partial charge in [-0.15, -0.1) is 0 Å². The van der Waals surface area contributed by atoms with Gasteiger partial charge in [-0.1, -0.05) is 25.5 Å². The maximum absolute atomic E-state index is 5.70. The molecule has 0 saturated carbocycles. The van der Waals surface area contributed by atoms with Crippen LogP contribution in [0.2, 0.25) is 0 Å². The molecule has 0 amide bonds. The molecule has 0 spiro atoms. The molecule has 0 N–H and O–H groups in total. The van der Waals surface area contributed by atoms with E-state index in [1.54, 1.807) is 5.57 Å². The van der Waals surface area contributed by atoms with Gasteiger partial charge in [-0.3, -0.25) is 0 Å². The van der Waals surface area contributed by atoms with Gasteiger partial charge in [0.05, 0.1) is 6.26 Å². The fourth-order valence-corrected chi connectivity index (χ4v) is 4.56. The molecule has 0 radical (unpaired) electrons. The molecular formula is C16H22OS. The van der Waals surface area contributed by atoms with E-state index in [1.807, 2.05) is 18.0 Å². The van der Waals surface area contributed by atoms with Crippen molar-refractivity contribution in [1.82, 2.24) is 0 Å². The summed E-state index contributed by atoms with van der Waals surface area (Å²) in [4.78, 5) is 0. The van der Waals surface area contributed by atoms with Crippen LogP contribution < -0.4 is 0 Å². The number of fused-ring (bicyclic) bond motifs is 2. The van der Waals surface area contributed by atoms with E-state index in [9.17, 15) is 0 Å². The Morgan fingerprint density at radius 3 is 3.06 bits per heavy atom. The van der Waals surface area contributed by atoms with E-state index in [4.69, 9.17) is 4.42 Å². The summed E-state index contributed by atoms with van der Waals surface area (Å²) in [5, 5.41) is 0. The molecule has 2 aliphatic carbocycles. The van der Waals surface area contributed by atoms with Crippen LogP contribution in [0.5, 0.6) is 0 Å². The minimum atomic E-state index is 0.270. The molecule has 0 fully saturated rings. The first kappa shape index (κ1) is 12.4. The van der Waals surface area contributed by atoms with Crippen LogP contribution in [0.1, 0.15) is 38.0 Å². The van der Waals surface area contributed by atoms with Crippen molar-refractivity contribution >= 4 is 11.8 Å². The van der Waals surface area contributed by atoms with Crippen LogP contribution in [-0.2, 0) is 11.8 Å². The first-order valence-corrected chi connectivity index (χ1v) is 8.27. The highest BCUT2D eigenvalue weighted by Gasteiger charge is 2.44. The summed E-state index contributed by atoms with van der Waals surface area (Å²) < 4.78 is 5.70. The van der Waals surface area contributed by atoms with Crippen LogP contribution in [0, 0.1) is 11.8 Å². The van der Waals surface area contributed by atoms with Gasteiger partial charge in [0.1, 0.15) is 5.76 Å². The van der Waals surface area contributed by atoms with E-state index in [0.29, 0.717) is 5.92 Å². The molecule has 98 valence electrons. The highest BCUT2D eigenvalue weighted by molar-refractivity contribution is 7.98. The zero-order valence-corrected chi connectivity index (χ0v) is 12.3. The Morgan fingerprint density at radius 1 is 1.44 bits per heavy atom. The Kier molecular flexibility index (Phi) is 3.09. The number of allylic oxidation sites excluding steroid dienone is 1. The molecule has 2 heteroatoms. The summed E-state index contributed by atoms with van der Waals surface area (Å²) in [5.41, 5.74) is 3.37. The predicted octanol–water partition coefficient (Wildman–Crippen LogP) is 4.43. The Labute approximate surface area is 114 Å². The van der Waals surface area contributed by atoms with Crippen molar-refractivity contribution in [2.45, 2.75) is 38.5 Å². The van der Waals surface area contributed by atoms with E-state index in [1.165, 1.54) is 29.9 Å². The Balaban J connectivity index is 1.95. The molecule has 18 heavy (non-hydrogen) atoms. The molecular weight excluding hydrogens is 240 g/mol. The number of hydrogen-bond donors (Lipinski definition) is 0. The number of rotatable bonds is 2. The molecule has 1 heterocycles. The molecule has 1 nitrogen and oxygen atoms in total. The third kappa shape index (κ3) is 1.85. The Bertz CT molecular complexity index is 469. The zero-order valence-electron chi connectivity index (χ0n) is 11.5. The normalized spacial score (nSPS) is 29.4. The van der Waals surface area contributed by atoms with Crippen LogP contribution in [0.3, 0.4) is 0 Å². The van der Waals surface area contributed by atoms with Gasteiger partial charge in [0, 0.05) is 12.2 Å². The second kappa shape index (κ2) is 4.48. The monoisotopic (exact) mass is 262 g/mol. The van der Waals surface area contributed by atoms with Crippen molar-refractivity contribution in [2.75, 3.05) is 12.0 Å². The summed E-state index contributed by atoms with van der Waals surface area (Å²) in [6.45, 7) is 4.79. The Morgan fingerprint density at radius 2 is 2.28 bits per heavy atom. The van der Waals surface area contributed by atoms with Gasteiger partial charge >= 0.3 is 0 Å². The van der Waals surface area contributed by atoms with Gasteiger partial charge in [-0.2, -0.15) is 11.8 Å². The average Bonchev–Trinajstić information content (AvgIpc) is 2.78. The smallest absolute Gasteiger partial charge is 0.108 e. The number of furan rings is 1. The highest BCUT2D eigenvalue weighted by atomic mass is 32.2. The van der Waals surface area contributed by atoms with Crippen molar-refractivity contribution in [3.05, 3.63) is 35.3 Å². The van der Waals surface area contributed by atoms with Crippen LogP contribution in [0.15, 0.2) is 28.4 Å². The van der Waals surface area contributed by atoms with Crippen LogP contribution >= 0.6 is 11.8 Å². The second-order valence-electron chi connectivity index (χ2n) is 6.25. The summed E-state index contributed by atoms with van der Waals surface area (Å²) in [6.07, 6.45) is 10.4. The lowest BCUT2D eigenvalue weighted by atomic mass is 9.59. The molecule has 0 unspecified atom stereocenters. The van der Waals surface area contributed by atoms with Gasteiger partial charge in [0.25, 0.3) is 0 Å². The topological polar surface area (TPSA) is 13.1 Å². The SMILES string of the molecule is CSCC1=C[C@@H]2Cc3occc3C(C)(C)[C@@H]2CC1. The van der Waals surface area contributed by atoms with E-state index < -0.39 is 0 Å². The van der Waals surface area contributed by atoms with Crippen molar-refractivity contribution in [3.8, 4) is 0 Å². The van der Waals surface area contributed by atoms with Gasteiger partial charge in [-0.05, 0) is 48.0 Å². The maximum Gasteiger partial charge on any atom is 0.108 e. The molecule has 2 atom stereocenters. The van der Waals surface area contributed by atoms with Crippen molar-refractivity contribution in [1.29, 1.82) is 0 Å². The molecule has 0 bridgehead atoms. The van der Waals surface area contributed by atoms with Crippen molar-refractivity contribution < 1.29 is 4.42 Å². The van der Waals surface area contributed by atoms with E-state index >= 15 is 0 Å². The van der Waals surface area contributed by atoms with Crippen molar-refractivity contribution in [2.24, 2.45) is 11.8 Å². The second-order valence-corrected chi connectivity index (χ2v) is 7.12. The molecule has 0 aliphatic heterocycles. The lowest BCUT2D eigenvalue weighted by molar-refractivity contribution is 0.188. The van der Waals surface area contributed by atoms with Crippen molar-refractivity contribution in [3.63, 3.8) is 0 Å². The molecule has 3 rings (SSSR count). The molecule has 0 aromatic carbocycles. The average molecular weight is 262 g/mol. The fourth-order valence-electron chi connectivity index (χ4n) is 3.95. The van der Waals surface area contributed by atoms with E-state index in [-0.39, 0.29) is 5.41 Å². The number of hydrogen-bond acceptors (Lipinski definition) is 2. The Hall–Kier alpha value is -0.630. The van der Waals surface area contributed by atoms with Gasteiger partial charge in [0.2, 0.25) is 0 Å². The summed E-state index contributed by atoms with van der Waals surface area (Å²) in [5.74, 6) is 3.90. The minimum absolute atomic E-state index is 0.270. The standard InChI is InChI=1S/C16H22OS/c1-16(2)13-5-4-11(10-18-3)8-12(13)9-15-14(16)6-7-17-15/h6-8,12-13H,4-5,9-10H2,1-3H3/t12-,13-/m1/s1. The third-order valence-corrected chi connectivity index (χ3v) is 5.52. The summed E-state index contributed by atoms with van der Waals surface area (Å²) in [6, 6.07) is 2.19. The third-order valence-electron chi connectivity index (χ3n) is 4.86. The van der Waals surface area contributed by atoms with Gasteiger partial charge < -0.3 is 4.42 Å².